The second-order valence-electron chi connectivity index (χ2n) is 7.82. The highest BCUT2D eigenvalue weighted by Gasteiger charge is 3.05. The van der Waals surface area contributed by atoms with Crippen LogP contribution in [0.3, 0.4) is 0 Å². The number of fused-ring (bicyclic) bond motifs is 2. The summed E-state index contributed by atoms with van der Waals surface area (Å²) in [5.74, 6) is 0.210. The number of hydrazine groups is 1. The number of piperidine rings is 1. The lowest BCUT2D eigenvalue weighted by Gasteiger charge is -2.25. The zero-order valence-corrected chi connectivity index (χ0v) is 13.0. The van der Waals surface area contributed by atoms with Crippen LogP contribution in [0.5, 0.6) is 0 Å². The summed E-state index contributed by atoms with van der Waals surface area (Å²) >= 11 is 0. The van der Waals surface area contributed by atoms with Gasteiger partial charge in [0.1, 0.15) is 0 Å². The van der Waals surface area contributed by atoms with Crippen LogP contribution in [0.4, 0.5) is 0 Å². The summed E-state index contributed by atoms with van der Waals surface area (Å²) in [5.41, 5.74) is 1.24. The average Bonchev–Trinajstić information content (AvgIpc) is 3.41. The second-order valence-corrected chi connectivity index (χ2v) is 7.82. The van der Waals surface area contributed by atoms with Gasteiger partial charge in [-0.3, -0.25) is 24.8 Å². The first-order chi connectivity index (χ1) is 11.5. The highest BCUT2D eigenvalue weighted by atomic mass is 16.2. The summed E-state index contributed by atoms with van der Waals surface area (Å²) in [4.78, 5) is 42.5. The number of allylic oxidation sites excluding steroid dienone is 2. The van der Waals surface area contributed by atoms with Gasteiger partial charge in [-0.25, -0.2) is 0 Å². The Hall–Kier alpha value is -2.50. The van der Waals surface area contributed by atoms with Gasteiger partial charge in [-0.15, -0.1) is 0 Å². The highest BCUT2D eigenvalue weighted by Crippen LogP contribution is 3.00. The van der Waals surface area contributed by atoms with Gasteiger partial charge >= 0.3 is 0 Å². The molecule has 2 heterocycles. The summed E-state index contributed by atoms with van der Waals surface area (Å²) in [7, 11) is 0. The van der Waals surface area contributed by atoms with Crippen LogP contribution in [-0.4, -0.2) is 27.7 Å². The van der Waals surface area contributed by atoms with E-state index in [4.69, 9.17) is 0 Å². The summed E-state index contributed by atoms with van der Waals surface area (Å²) in [5, 5.41) is 0.971. The Bertz CT molecular complexity index is 896. The molecule has 0 aromatic carbocycles. The molecule has 3 amide bonds. The third kappa shape index (κ3) is 0.892. The maximum absolute atomic E-state index is 13.2. The van der Waals surface area contributed by atoms with E-state index < -0.39 is 16.7 Å². The molecule has 1 saturated heterocycles. The summed E-state index contributed by atoms with van der Waals surface area (Å²) < 4.78 is 0. The Kier molecular flexibility index (Phi) is 1.78. The van der Waals surface area contributed by atoms with Crippen molar-refractivity contribution >= 4 is 17.7 Å². The molecule has 1 aliphatic heterocycles. The molecule has 1 N–H and O–H groups in total. The van der Waals surface area contributed by atoms with Crippen LogP contribution in [-0.2, 0) is 9.59 Å². The maximum Gasteiger partial charge on any atom is 0.271 e. The molecular formula is C18H15N3O3. The summed E-state index contributed by atoms with van der Waals surface area (Å²) in [6, 6.07) is 3.25. The molecule has 6 atom stereocenters. The monoisotopic (exact) mass is 321 g/mol. The van der Waals surface area contributed by atoms with Gasteiger partial charge in [0, 0.05) is 17.8 Å². The molecule has 6 heteroatoms. The van der Waals surface area contributed by atoms with Crippen molar-refractivity contribution in [2.45, 2.75) is 13.3 Å². The predicted molar refractivity (Wildman–Crippen MR) is 80.8 cm³/mol. The van der Waals surface area contributed by atoms with E-state index >= 15 is 0 Å². The minimum Gasteiger partial charge on any atom is -0.272 e. The zero-order valence-electron chi connectivity index (χ0n) is 13.0. The number of hydrogen-bond acceptors (Lipinski definition) is 4. The Morgan fingerprint density at radius 3 is 2.96 bits per heavy atom. The molecule has 4 fully saturated rings. The second kappa shape index (κ2) is 3.31. The molecule has 0 radical (unpaired) electrons. The molecule has 3 saturated carbocycles. The fourth-order valence-corrected chi connectivity index (χ4v) is 6.64. The molecule has 6 rings (SSSR count). The third-order valence-electron chi connectivity index (χ3n) is 7.47. The van der Waals surface area contributed by atoms with Crippen molar-refractivity contribution in [3.8, 4) is 0 Å². The number of nitrogens with zero attached hydrogens (tertiary/aromatic N) is 2. The Labute approximate surface area is 137 Å². The largest absolute Gasteiger partial charge is 0.272 e. The minimum absolute atomic E-state index is 0.157. The molecule has 5 aliphatic rings. The van der Waals surface area contributed by atoms with E-state index in [2.05, 4.69) is 22.6 Å². The van der Waals surface area contributed by atoms with Crippen LogP contribution < -0.4 is 5.43 Å². The molecule has 1 spiro atoms. The first kappa shape index (κ1) is 12.9. The lowest BCUT2D eigenvalue weighted by molar-refractivity contribution is -0.148. The first-order valence-electron chi connectivity index (χ1n) is 8.31. The standard InChI is InChI=1S/C18H15N3O3/c1-16-14(23)21(20-13(22)9-3-2-6-19-8-9)15(24)18(16)11-4-5-17(16,18)12-7-10(11)12/h2-6,8,10-12H,7H2,1H3,(H,20,22)/t10?,11?,12?,16-,17?,18+/m0/s1. The number of hydrogen-bond donors (Lipinski definition) is 1. The van der Waals surface area contributed by atoms with E-state index in [1.54, 1.807) is 18.3 Å². The molecule has 24 heavy (non-hydrogen) atoms. The lowest BCUT2D eigenvalue weighted by atomic mass is 9.80. The van der Waals surface area contributed by atoms with Crippen molar-refractivity contribution in [2.24, 2.45) is 34.0 Å². The molecular weight excluding hydrogens is 306 g/mol. The van der Waals surface area contributed by atoms with E-state index in [1.165, 1.54) is 6.20 Å². The molecule has 1 aromatic heterocycles. The number of rotatable bonds is 2. The van der Waals surface area contributed by atoms with Gasteiger partial charge in [-0.05, 0) is 43.2 Å². The quantitative estimate of drug-likeness (QED) is 0.649. The number of nitrogens with one attached hydrogen (secondary N) is 1. The topological polar surface area (TPSA) is 79.4 Å². The molecule has 120 valence electrons. The van der Waals surface area contributed by atoms with Crippen LogP contribution >= 0.6 is 0 Å². The fraction of sp³-hybridized carbons (Fsp3) is 0.444. The van der Waals surface area contributed by atoms with Crippen LogP contribution in [0, 0.1) is 34.0 Å². The Morgan fingerprint density at radius 2 is 2.21 bits per heavy atom. The first-order valence-corrected chi connectivity index (χ1v) is 8.31. The van der Waals surface area contributed by atoms with Crippen molar-refractivity contribution in [2.75, 3.05) is 0 Å². The number of pyridine rings is 1. The van der Waals surface area contributed by atoms with Gasteiger partial charge in [0.15, 0.2) is 0 Å². The number of aromatic nitrogens is 1. The van der Waals surface area contributed by atoms with Crippen molar-refractivity contribution < 1.29 is 14.4 Å². The smallest absolute Gasteiger partial charge is 0.271 e. The lowest BCUT2D eigenvalue weighted by Crippen LogP contribution is -2.51. The SMILES string of the molecule is C[C@@]12C(=O)N(NC(=O)c3cccnc3)C(=O)[C@]13C1C=CC23C2CC21. The summed E-state index contributed by atoms with van der Waals surface area (Å²) in [6.45, 7) is 1.91. The average molecular weight is 321 g/mol. The Morgan fingerprint density at radius 1 is 1.38 bits per heavy atom. The molecule has 1 aromatic rings. The van der Waals surface area contributed by atoms with E-state index in [1.807, 2.05) is 6.92 Å². The van der Waals surface area contributed by atoms with Gasteiger partial charge < -0.3 is 0 Å². The van der Waals surface area contributed by atoms with E-state index in [0.717, 1.165) is 11.4 Å². The number of carbonyl (C=O) groups excluding carboxylic acids is 3. The normalized spacial score (nSPS) is 48.2. The van der Waals surface area contributed by atoms with Crippen molar-refractivity contribution in [1.82, 2.24) is 15.4 Å². The van der Waals surface area contributed by atoms with Crippen LogP contribution in [0.15, 0.2) is 36.7 Å². The van der Waals surface area contributed by atoms with Gasteiger partial charge in [-0.1, -0.05) is 12.2 Å². The molecule has 4 unspecified atom stereocenters. The van der Waals surface area contributed by atoms with E-state index in [9.17, 15) is 14.4 Å². The summed E-state index contributed by atoms with van der Waals surface area (Å²) in [6.07, 6.45) is 8.36. The number of amides is 3. The molecule has 2 bridgehead atoms. The Balaban J connectivity index is 1.37. The molecule has 4 aliphatic carbocycles. The van der Waals surface area contributed by atoms with Crippen LogP contribution in [0.2, 0.25) is 0 Å². The zero-order chi connectivity index (χ0) is 16.5. The van der Waals surface area contributed by atoms with Gasteiger partial charge in [0.2, 0.25) is 0 Å². The highest BCUT2D eigenvalue weighted by molar-refractivity contribution is 6.19. The van der Waals surface area contributed by atoms with Crippen molar-refractivity contribution in [1.29, 1.82) is 0 Å². The molecule has 6 nitrogen and oxygen atoms in total. The van der Waals surface area contributed by atoms with Crippen molar-refractivity contribution in [3.05, 3.63) is 42.2 Å². The van der Waals surface area contributed by atoms with Crippen molar-refractivity contribution in [3.63, 3.8) is 0 Å². The van der Waals surface area contributed by atoms with E-state index in [0.29, 0.717) is 17.4 Å². The number of imide groups is 1. The third-order valence-corrected chi connectivity index (χ3v) is 7.47. The van der Waals surface area contributed by atoms with E-state index in [-0.39, 0.29) is 23.1 Å². The fourth-order valence-electron chi connectivity index (χ4n) is 6.64. The maximum atomic E-state index is 13.2. The predicted octanol–water partition coefficient (Wildman–Crippen LogP) is 0.924. The number of carbonyl (C=O) groups is 3. The van der Waals surface area contributed by atoms with Gasteiger partial charge in [-0.2, -0.15) is 5.01 Å². The van der Waals surface area contributed by atoms with Crippen LogP contribution in [0.25, 0.3) is 0 Å². The van der Waals surface area contributed by atoms with Gasteiger partial charge in [0.25, 0.3) is 17.7 Å². The van der Waals surface area contributed by atoms with Crippen LogP contribution in [0.1, 0.15) is 23.7 Å². The van der Waals surface area contributed by atoms with Gasteiger partial charge in [0.05, 0.1) is 16.4 Å². The minimum atomic E-state index is -0.684.